The molecule has 18 heavy (non-hydrogen) atoms. The third kappa shape index (κ3) is 3.96. The lowest BCUT2D eigenvalue weighted by Crippen LogP contribution is -2.47. The molecule has 2 aliphatic rings. The minimum Gasteiger partial charge on any atom is -0.375 e. The molecule has 2 saturated carbocycles. The maximum Gasteiger partial charge on any atom is 0.127 e. The summed E-state index contributed by atoms with van der Waals surface area (Å²) in [5, 5.41) is 12.7. The van der Waals surface area contributed by atoms with E-state index < -0.39 is 5.54 Å². The van der Waals surface area contributed by atoms with Crippen LogP contribution in [-0.2, 0) is 4.74 Å². The molecule has 3 nitrogen and oxygen atoms in total. The molecular weight excluding hydrogens is 224 g/mol. The fourth-order valence-electron chi connectivity index (χ4n) is 3.08. The smallest absolute Gasteiger partial charge is 0.127 e. The van der Waals surface area contributed by atoms with Crippen LogP contribution in [0.25, 0.3) is 0 Å². The lowest BCUT2D eigenvalue weighted by atomic mass is 9.82. The predicted molar refractivity (Wildman–Crippen MR) is 72.1 cm³/mol. The van der Waals surface area contributed by atoms with Crippen LogP contribution in [0.1, 0.15) is 52.9 Å². The monoisotopic (exact) mass is 250 g/mol. The minimum atomic E-state index is -0.509. The highest BCUT2D eigenvalue weighted by Gasteiger charge is 2.34. The molecule has 0 bridgehead atoms. The van der Waals surface area contributed by atoms with Crippen molar-refractivity contribution < 1.29 is 4.74 Å². The zero-order valence-electron chi connectivity index (χ0n) is 11.9. The van der Waals surface area contributed by atoms with Gasteiger partial charge in [-0.1, -0.05) is 13.8 Å². The SMILES string of the molecule is CC1CC(C)CC(OCC(C)(C#N)NC2CC2)C1. The quantitative estimate of drug-likeness (QED) is 0.816. The maximum atomic E-state index is 9.30. The third-order valence-corrected chi connectivity index (χ3v) is 4.09. The lowest BCUT2D eigenvalue weighted by molar-refractivity contribution is -0.0169. The molecule has 1 N–H and O–H groups in total. The molecule has 0 aromatic rings. The summed E-state index contributed by atoms with van der Waals surface area (Å²) in [6, 6.07) is 2.92. The second-order valence-electron chi connectivity index (χ2n) is 6.71. The fraction of sp³-hybridized carbons (Fsp3) is 0.933. The Hall–Kier alpha value is -0.590. The van der Waals surface area contributed by atoms with Gasteiger partial charge in [0.05, 0.1) is 18.8 Å². The van der Waals surface area contributed by atoms with E-state index in [0.29, 0.717) is 18.8 Å². The molecule has 3 heteroatoms. The average molecular weight is 250 g/mol. The standard InChI is InChI=1S/C15H26N2O/c1-11-6-12(2)8-14(7-11)18-10-15(3,9-16)17-13-4-5-13/h11-14,17H,4-8,10H2,1-3H3. The first-order valence-electron chi connectivity index (χ1n) is 7.31. The van der Waals surface area contributed by atoms with Gasteiger partial charge >= 0.3 is 0 Å². The molecule has 0 aliphatic heterocycles. The fourth-order valence-corrected chi connectivity index (χ4v) is 3.08. The molecule has 3 atom stereocenters. The van der Waals surface area contributed by atoms with Gasteiger partial charge in [0.15, 0.2) is 0 Å². The van der Waals surface area contributed by atoms with Gasteiger partial charge in [-0.05, 0) is 50.9 Å². The van der Waals surface area contributed by atoms with Gasteiger partial charge in [0.25, 0.3) is 0 Å². The summed E-state index contributed by atoms with van der Waals surface area (Å²) in [7, 11) is 0. The molecule has 2 fully saturated rings. The number of hydrogen-bond donors (Lipinski definition) is 1. The summed E-state index contributed by atoms with van der Waals surface area (Å²) in [4.78, 5) is 0. The number of hydrogen-bond acceptors (Lipinski definition) is 3. The molecule has 0 radical (unpaired) electrons. The second-order valence-corrected chi connectivity index (χ2v) is 6.71. The normalized spacial score (nSPS) is 35.8. The average Bonchev–Trinajstić information content (AvgIpc) is 3.09. The first-order valence-corrected chi connectivity index (χ1v) is 7.31. The van der Waals surface area contributed by atoms with Crippen molar-refractivity contribution in [3.05, 3.63) is 0 Å². The van der Waals surface area contributed by atoms with Crippen LogP contribution in [0.2, 0.25) is 0 Å². The van der Waals surface area contributed by atoms with E-state index in [2.05, 4.69) is 25.2 Å². The van der Waals surface area contributed by atoms with Crippen molar-refractivity contribution in [2.45, 2.75) is 70.6 Å². The van der Waals surface area contributed by atoms with Crippen molar-refractivity contribution in [1.82, 2.24) is 5.32 Å². The van der Waals surface area contributed by atoms with Gasteiger partial charge in [0.2, 0.25) is 0 Å². The molecule has 0 heterocycles. The van der Waals surface area contributed by atoms with Crippen LogP contribution in [0.3, 0.4) is 0 Å². The van der Waals surface area contributed by atoms with E-state index in [9.17, 15) is 5.26 Å². The number of nitrogens with one attached hydrogen (secondary N) is 1. The van der Waals surface area contributed by atoms with Crippen LogP contribution in [0.5, 0.6) is 0 Å². The van der Waals surface area contributed by atoms with E-state index in [1.807, 2.05) is 6.92 Å². The molecule has 2 rings (SSSR count). The number of nitrogens with zero attached hydrogens (tertiary/aromatic N) is 1. The van der Waals surface area contributed by atoms with E-state index in [-0.39, 0.29) is 0 Å². The number of rotatable bonds is 5. The van der Waals surface area contributed by atoms with Crippen LogP contribution in [-0.4, -0.2) is 24.3 Å². The molecule has 3 unspecified atom stereocenters. The van der Waals surface area contributed by atoms with E-state index in [1.54, 1.807) is 0 Å². The summed E-state index contributed by atoms with van der Waals surface area (Å²) in [6.45, 7) is 7.08. The Balaban J connectivity index is 1.80. The third-order valence-electron chi connectivity index (χ3n) is 4.09. The second kappa shape index (κ2) is 5.59. The van der Waals surface area contributed by atoms with Gasteiger partial charge in [-0.15, -0.1) is 0 Å². The Kier molecular flexibility index (Phi) is 4.29. The van der Waals surface area contributed by atoms with Crippen molar-refractivity contribution in [3.63, 3.8) is 0 Å². The molecule has 2 aliphatic carbocycles. The Morgan fingerprint density at radius 2 is 1.83 bits per heavy atom. The molecule has 102 valence electrons. The molecule has 0 aromatic heterocycles. The number of nitriles is 1. The zero-order chi connectivity index (χ0) is 13.2. The van der Waals surface area contributed by atoms with Gasteiger partial charge in [-0.2, -0.15) is 5.26 Å². The summed E-state index contributed by atoms with van der Waals surface area (Å²) < 4.78 is 6.02. The van der Waals surface area contributed by atoms with Crippen molar-refractivity contribution in [1.29, 1.82) is 5.26 Å². The molecule has 0 saturated heterocycles. The molecular formula is C15H26N2O. The summed E-state index contributed by atoms with van der Waals surface area (Å²) >= 11 is 0. The first kappa shape index (κ1) is 13.8. The Morgan fingerprint density at radius 3 is 2.33 bits per heavy atom. The lowest BCUT2D eigenvalue weighted by Gasteiger charge is -2.33. The highest BCUT2D eigenvalue weighted by Crippen LogP contribution is 2.31. The van der Waals surface area contributed by atoms with E-state index in [4.69, 9.17) is 4.74 Å². The van der Waals surface area contributed by atoms with Crippen LogP contribution in [0, 0.1) is 23.2 Å². The maximum absolute atomic E-state index is 9.30. The summed E-state index contributed by atoms with van der Waals surface area (Å²) in [5.41, 5.74) is -0.509. The van der Waals surface area contributed by atoms with Crippen LogP contribution in [0.15, 0.2) is 0 Å². The Morgan fingerprint density at radius 1 is 1.22 bits per heavy atom. The van der Waals surface area contributed by atoms with Gasteiger partial charge in [0, 0.05) is 6.04 Å². The highest BCUT2D eigenvalue weighted by atomic mass is 16.5. The van der Waals surface area contributed by atoms with E-state index >= 15 is 0 Å². The van der Waals surface area contributed by atoms with Crippen LogP contribution in [0.4, 0.5) is 0 Å². The molecule has 0 amide bonds. The topological polar surface area (TPSA) is 45.0 Å². The van der Waals surface area contributed by atoms with Crippen molar-refractivity contribution >= 4 is 0 Å². The van der Waals surface area contributed by atoms with Gasteiger partial charge in [0.1, 0.15) is 5.54 Å². The Bertz CT molecular complexity index is 311. The summed E-state index contributed by atoms with van der Waals surface area (Å²) in [5.74, 6) is 1.51. The van der Waals surface area contributed by atoms with Crippen LogP contribution >= 0.6 is 0 Å². The zero-order valence-corrected chi connectivity index (χ0v) is 11.9. The predicted octanol–water partition coefficient (Wildman–Crippen LogP) is 2.86. The van der Waals surface area contributed by atoms with Gasteiger partial charge < -0.3 is 4.74 Å². The van der Waals surface area contributed by atoms with Crippen molar-refractivity contribution in [2.24, 2.45) is 11.8 Å². The van der Waals surface area contributed by atoms with Crippen molar-refractivity contribution in [3.8, 4) is 6.07 Å². The van der Waals surface area contributed by atoms with Crippen LogP contribution < -0.4 is 5.32 Å². The minimum absolute atomic E-state index is 0.345. The van der Waals surface area contributed by atoms with E-state index in [0.717, 1.165) is 24.7 Å². The van der Waals surface area contributed by atoms with Crippen molar-refractivity contribution in [2.75, 3.05) is 6.61 Å². The largest absolute Gasteiger partial charge is 0.375 e. The Labute approximate surface area is 111 Å². The number of ether oxygens (including phenoxy) is 1. The molecule has 0 aromatic carbocycles. The summed E-state index contributed by atoms with van der Waals surface area (Å²) in [6.07, 6.45) is 6.36. The van der Waals surface area contributed by atoms with Gasteiger partial charge in [-0.3, -0.25) is 5.32 Å². The highest BCUT2D eigenvalue weighted by molar-refractivity contribution is 5.07. The first-order chi connectivity index (χ1) is 8.50. The van der Waals surface area contributed by atoms with E-state index in [1.165, 1.54) is 19.3 Å². The van der Waals surface area contributed by atoms with Gasteiger partial charge in [-0.25, -0.2) is 0 Å². The molecule has 0 spiro atoms.